The van der Waals surface area contributed by atoms with Crippen molar-refractivity contribution in [1.82, 2.24) is 0 Å². The lowest BCUT2D eigenvalue weighted by molar-refractivity contribution is 0.0535. The predicted octanol–water partition coefficient (Wildman–Crippen LogP) is 3.45. The molecule has 2 nitrogen and oxygen atoms in total. The van der Waals surface area contributed by atoms with Crippen LogP contribution in [0, 0.1) is 6.92 Å². The van der Waals surface area contributed by atoms with Crippen LogP contribution in [-0.4, -0.2) is 5.97 Å². The number of ether oxygens (including phenoxy) is 1. The van der Waals surface area contributed by atoms with Crippen LogP contribution in [0.1, 0.15) is 35.3 Å². The number of hydrogen-bond donors (Lipinski definition) is 0. The number of esters is 1. The highest BCUT2D eigenvalue weighted by Gasteiger charge is 2.23. The normalized spacial score (nSPS) is 12.7. The lowest BCUT2D eigenvalue weighted by Crippen LogP contribution is -1.93. The molecule has 14 heavy (non-hydrogen) atoms. The van der Waals surface area contributed by atoms with Crippen LogP contribution in [-0.2, 0) is 11.3 Å². The second kappa shape index (κ2) is 4.60. The van der Waals surface area contributed by atoms with Crippen molar-refractivity contribution in [2.24, 2.45) is 0 Å². The second-order valence-electron chi connectivity index (χ2n) is 2.77. The minimum absolute atomic E-state index is 0.208. The Morgan fingerprint density at radius 1 is 1.36 bits per heavy atom. The maximum atomic E-state index is 11.1. The smallest absolute Gasteiger partial charge is 0.338 e. The van der Waals surface area contributed by atoms with Gasteiger partial charge in [0.2, 0.25) is 0 Å². The van der Waals surface area contributed by atoms with Crippen molar-refractivity contribution in [3.8, 4) is 0 Å². The summed E-state index contributed by atoms with van der Waals surface area (Å²) in [6.07, 6.45) is 0. The molecule has 1 aromatic carbocycles. The molecule has 0 N–H and O–H groups in total. The van der Waals surface area contributed by atoms with E-state index in [1.807, 2.05) is 26.8 Å². The molecular weight excluding hydrogens is 244 g/mol. The third-order valence-corrected chi connectivity index (χ3v) is 2.96. The number of hydrogen-bond acceptors (Lipinski definition) is 2. The molecule has 3 heteroatoms. The molecule has 0 spiro atoms. The fourth-order valence-corrected chi connectivity index (χ4v) is 1.69. The Morgan fingerprint density at radius 3 is 2.64 bits per heavy atom. The quantitative estimate of drug-likeness (QED) is 0.665. The Kier molecular flexibility index (Phi) is 3.69. The van der Waals surface area contributed by atoms with Crippen LogP contribution in [0.15, 0.2) is 16.6 Å². The summed E-state index contributed by atoms with van der Waals surface area (Å²) in [5, 5.41) is 0. The number of carbonyl (C=O) groups is 1. The fourth-order valence-electron chi connectivity index (χ4n) is 1.32. The van der Waals surface area contributed by atoms with Gasteiger partial charge >= 0.3 is 5.97 Å². The van der Waals surface area contributed by atoms with Crippen molar-refractivity contribution in [3.05, 3.63) is 33.3 Å². The van der Waals surface area contributed by atoms with E-state index in [0.717, 1.165) is 15.6 Å². The predicted molar refractivity (Wildman–Crippen MR) is 59.3 cm³/mol. The van der Waals surface area contributed by atoms with Crippen molar-refractivity contribution >= 4 is 21.9 Å². The van der Waals surface area contributed by atoms with E-state index in [0.29, 0.717) is 12.2 Å². The largest absolute Gasteiger partial charge is 0.457 e. The number of fused-ring (bicyclic) bond motifs is 1. The number of rotatable bonds is 0. The summed E-state index contributed by atoms with van der Waals surface area (Å²) in [6, 6.07) is 3.67. The number of carbonyl (C=O) groups excluding carboxylic acids is 1. The van der Waals surface area contributed by atoms with Crippen molar-refractivity contribution in [2.75, 3.05) is 0 Å². The average Bonchev–Trinajstić information content (AvgIpc) is 2.58. The highest BCUT2D eigenvalue weighted by Crippen LogP contribution is 2.28. The lowest BCUT2D eigenvalue weighted by atomic mass is 10.1. The average molecular weight is 257 g/mol. The molecule has 0 aliphatic carbocycles. The van der Waals surface area contributed by atoms with Gasteiger partial charge in [0.15, 0.2) is 0 Å². The first-order valence-corrected chi connectivity index (χ1v) is 5.44. The molecule has 1 aromatic rings. The first-order valence-electron chi connectivity index (χ1n) is 4.65. The summed E-state index contributed by atoms with van der Waals surface area (Å²) in [5.74, 6) is -0.208. The summed E-state index contributed by atoms with van der Waals surface area (Å²) >= 11 is 3.40. The minimum atomic E-state index is -0.208. The molecule has 76 valence electrons. The van der Waals surface area contributed by atoms with E-state index < -0.39 is 0 Å². The first-order chi connectivity index (χ1) is 6.70. The zero-order chi connectivity index (χ0) is 10.7. The molecule has 1 heterocycles. The van der Waals surface area contributed by atoms with Crippen molar-refractivity contribution in [2.45, 2.75) is 27.4 Å². The molecule has 1 aliphatic rings. The van der Waals surface area contributed by atoms with Gasteiger partial charge in [0, 0.05) is 10.0 Å². The van der Waals surface area contributed by atoms with Crippen LogP contribution in [0.3, 0.4) is 0 Å². The van der Waals surface area contributed by atoms with Crippen LogP contribution in [0.2, 0.25) is 0 Å². The Labute approximate surface area is 92.4 Å². The summed E-state index contributed by atoms with van der Waals surface area (Å²) in [7, 11) is 0. The van der Waals surface area contributed by atoms with E-state index in [-0.39, 0.29) is 5.97 Å². The lowest BCUT2D eigenvalue weighted by Gasteiger charge is -2.01. The van der Waals surface area contributed by atoms with E-state index in [9.17, 15) is 4.79 Å². The number of cyclic esters (lactones) is 1. The first kappa shape index (κ1) is 11.2. The van der Waals surface area contributed by atoms with Gasteiger partial charge in [0.1, 0.15) is 6.61 Å². The zero-order valence-electron chi connectivity index (χ0n) is 8.56. The SMILES string of the molecule is CC.Cc1c(Br)ccc2c1COC2=O. The van der Waals surface area contributed by atoms with E-state index in [1.54, 1.807) is 6.07 Å². The van der Waals surface area contributed by atoms with E-state index >= 15 is 0 Å². The number of benzene rings is 1. The molecule has 0 amide bonds. The maximum absolute atomic E-state index is 11.1. The Balaban J connectivity index is 0.000000461. The van der Waals surface area contributed by atoms with Crippen molar-refractivity contribution in [3.63, 3.8) is 0 Å². The van der Waals surface area contributed by atoms with E-state index in [2.05, 4.69) is 15.9 Å². The third kappa shape index (κ3) is 1.82. The molecule has 0 radical (unpaired) electrons. The van der Waals surface area contributed by atoms with Gasteiger partial charge in [0.25, 0.3) is 0 Å². The highest BCUT2D eigenvalue weighted by molar-refractivity contribution is 9.10. The topological polar surface area (TPSA) is 26.3 Å². The van der Waals surface area contributed by atoms with Crippen LogP contribution in [0.4, 0.5) is 0 Å². The molecule has 0 unspecified atom stereocenters. The van der Waals surface area contributed by atoms with Crippen molar-refractivity contribution < 1.29 is 9.53 Å². The molecule has 0 saturated carbocycles. The van der Waals surface area contributed by atoms with Gasteiger partial charge in [-0.05, 0) is 24.6 Å². The molecular formula is C11H13BrO2. The molecule has 2 rings (SSSR count). The molecule has 1 aliphatic heterocycles. The Morgan fingerprint density at radius 2 is 2.00 bits per heavy atom. The fraction of sp³-hybridized carbons (Fsp3) is 0.364. The Bertz CT molecular complexity index is 359. The standard InChI is InChI=1S/C9H7BrO2.C2H6/c1-5-7-4-12-9(11)6(7)2-3-8(5)10;1-2/h2-3H,4H2,1H3;1-2H3. The van der Waals surface area contributed by atoms with Gasteiger partial charge < -0.3 is 4.74 Å². The van der Waals surface area contributed by atoms with Gasteiger partial charge in [-0.2, -0.15) is 0 Å². The van der Waals surface area contributed by atoms with Crippen LogP contribution < -0.4 is 0 Å². The van der Waals surface area contributed by atoms with Crippen LogP contribution >= 0.6 is 15.9 Å². The van der Waals surface area contributed by atoms with E-state index in [1.165, 1.54) is 0 Å². The molecule has 0 atom stereocenters. The van der Waals surface area contributed by atoms with Gasteiger partial charge in [-0.25, -0.2) is 4.79 Å². The molecule has 0 bridgehead atoms. The third-order valence-electron chi connectivity index (χ3n) is 2.10. The minimum Gasteiger partial charge on any atom is -0.457 e. The van der Waals surface area contributed by atoms with Crippen molar-refractivity contribution in [1.29, 1.82) is 0 Å². The molecule has 0 aromatic heterocycles. The Hall–Kier alpha value is -0.830. The van der Waals surface area contributed by atoms with Crippen LogP contribution in [0.25, 0.3) is 0 Å². The summed E-state index contributed by atoms with van der Waals surface area (Å²) in [4.78, 5) is 11.1. The molecule has 0 fully saturated rings. The van der Waals surface area contributed by atoms with Gasteiger partial charge in [-0.1, -0.05) is 29.8 Å². The summed E-state index contributed by atoms with van der Waals surface area (Å²) in [5.41, 5.74) is 2.81. The van der Waals surface area contributed by atoms with E-state index in [4.69, 9.17) is 4.74 Å². The summed E-state index contributed by atoms with van der Waals surface area (Å²) < 4.78 is 5.93. The zero-order valence-corrected chi connectivity index (χ0v) is 10.1. The van der Waals surface area contributed by atoms with Gasteiger partial charge in [0.05, 0.1) is 5.56 Å². The molecule has 0 saturated heterocycles. The van der Waals surface area contributed by atoms with Gasteiger partial charge in [-0.15, -0.1) is 0 Å². The monoisotopic (exact) mass is 256 g/mol. The number of halogens is 1. The van der Waals surface area contributed by atoms with Gasteiger partial charge in [-0.3, -0.25) is 0 Å². The highest BCUT2D eigenvalue weighted by atomic mass is 79.9. The summed E-state index contributed by atoms with van der Waals surface area (Å²) in [6.45, 7) is 6.39. The second-order valence-corrected chi connectivity index (χ2v) is 3.63. The maximum Gasteiger partial charge on any atom is 0.338 e. The van der Waals surface area contributed by atoms with Crippen LogP contribution in [0.5, 0.6) is 0 Å².